The van der Waals surface area contributed by atoms with Gasteiger partial charge in [-0.2, -0.15) is 0 Å². The molecule has 0 amide bonds. The number of carbonyl (C=O) groups excluding carboxylic acids is 4. The Kier molecular flexibility index (Phi) is 62.1. The number of aliphatic hydroxyl groups is 1. The summed E-state index contributed by atoms with van der Waals surface area (Å²) < 4.78 is 68.2. The Morgan fingerprint density at radius 3 is 0.764 bits per heavy atom. The highest BCUT2D eigenvalue weighted by Crippen LogP contribution is 2.45. The van der Waals surface area contributed by atoms with Crippen LogP contribution in [0, 0.1) is 5.92 Å². The molecule has 0 aliphatic carbocycles. The van der Waals surface area contributed by atoms with E-state index in [1.165, 1.54) is 180 Å². The van der Waals surface area contributed by atoms with Crippen LogP contribution in [0.3, 0.4) is 0 Å². The van der Waals surface area contributed by atoms with E-state index >= 15 is 0 Å². The van der Waals surface area contributed by atoms with Crippen molar-refractivity contribution in [2.24, 2.45) is 5.92 Å². The van der Waals surface area contributed by atoms with Crippen LogP contribution >= 0.6 is 15.6 Å². The lowest BCUT2D eigenvalue weighted by atomic mass is 10.0. The second-order valence-corrected chi connectivity index (χ2v) is 28.7. The highest BCUT2D eigenvalue weighted by Gasteiger charge is 2.30. The van der Waals surface area contributed by atoms with E-state index in [1.54, 1.807) is 0 Å². The summed E-state index contributed by atoms with van der Waals surface area (Å²) in [6, 6.07) is 0. The second-order valence-electron chi connectivity index (χ2n) is 25.7. The van der Waals surface area contributed by atoms with Crippen LogP contribution in [-0.4, -0.2) is 96.7 Å². The maximum absolute atomic E-state index is 13.0. The van der Waals surface area contributed by atoms with Crippen molar-refractivity contribution in [3.05, 3.63) is 0 Å². The molecule has 0 heterocycles. The van der Waals surface area contributed by atoms with Crippen molar-refractivity contribution < 1.29 is 80.2 Å². The van der Waals surface area contributed by atoms with E-state index in [0.717, 1.165) is 102 Å². The normalized spacial score (nSPS) is 14.1. The molecule has 0 fully saturated rings. The van der Waals surface area contributed by atoms with Crippen molar-refractivity contribution in [2.45, 2.75) is 380 Å². The number of esters is 4. The third-order valence-corrected chi connectivity index (χ3v) is 18.2. The van der Waals surface area contributed by atoms with Crippen LogP contribution in [0.25, 0.3) is 0 Å². The van der Waals surface area contributed by atoms with Gasteiger partial charge in [0, 0.05) is 25.7 Å². The fourth-order valence-electron chi connectivity index (χ4n) is 10.6. The Labute approximate surface area is 543 Å². The molecule has 0 saturated carbocycles. The highest BCUT2D eigenvalue weighted by molar-refractivity contribution is 7.47. The maximum Gasteiger partial charge on any atom is 0.472 e. The molecular weight excluding hydrogens is 1170 g/mol. The standard InChI is InChI=1S/C70H136O17P2/c1-6-9-12-15-18-21-23-25-27-28-30-32-34-40-45-50-55-69(74)86-66(60-81-68(73)54-49-44-39-33-31-29-26-24-22-19-16-13-10-7-2)62-85-89(78,79)83-58-64(71)57-82-88(76,77)84-61-65(59-80-67(72)53-48-43-38-20-17-14-11-8-3)87-70(75)56-51-46-41-36-35-37-42-47-52-63(4)5/h63-66,71H,6-62H2,1-5H3,(H,76,77)(H,78,79)/t64-,65+,66+/m0/s1. The first-order valence-electron chi connectivity index (χ1n) is 36.6. The predicted molar refractivity (Wildman–Crippen MR) is 358 cm³/mol. The van der Waals surface area contributed by atoms with Crippen LogP contribution in [0.4, 0.5) is 0 Å². The van der Waals surface area contributed by atoms with Crippen LogP contribution in [0.15, 0.2) is 0 Å². The summed E-state index contributed by atoms with van der Waals surface area (Å²) in [5.41, 5.74) is 0. The van der Waals surface area contributed by atoms with Gasteiger partial charge < -0.3 is 33.8 Å². The number of hydrogen-bond donors (Lipinski definition) is 3. The second kappa shape index (κ2) is 63.5. The molecule has 0 rings (SSSR count). The summed E-state index contributed by atoms with van der Waals surface area (Å²) in [5.74, 6) is -1.41. The number of rotatable bonds is 70. The smallest absolute Gasteiger partial charge is 0.462 e. The van der Waals surface area contributed by atoms with Gasteiger partial charge in [-0.15, -0.1) is 0 Å². The quantitative estimate of drug-likeness (QED) is 0.0222. The molecule has 19 heteroatoms. The first kappa shape index (κ1) is 87.1. The molecule has 0 aliphatic rings. The lowest BCUT2D eigenvalue weighted by Gasteiger charge is -2.21. The molecule has 0 radical (unpaired) electrons. The minimum Gasteiger partial charge on any atom is -0.462 e. The Morgan fingerprint density at radius 1 is 0.303 bits per heavy atom. The first-order valence-corrected chi connectivity index (χ1v) is 39.6. The molecule has 0 aliphatic heterocycles. The van der Waals surface area contributed by atoms with Crippen LogP contribution in [0.2, 0.25) is 0 Å². The minimum absolute atomic E-state index is 0.105. The first-order chi connectivity index (χ1) is 43.0. The van der Waals surface area contributed by atoms with Gasteiger partial charge in [-0.1, -0.05) is 311 Å². The van der Waals surface area contributed by atoms with Gasteiger partial charge in [0.25, 0.3) is 0 Å². The summed E-state index contributed by atoms with van der Waals surface area (Å²) in [7, 11) is -9.89. The van der Waals surface area contributed by atoms with Crippen LogP contribution in [-0.2, 0) is 65.4 Å². The van der Waals surface area contributed by atoms with Gasteiger partial charge in [0.1, 0.15) is 19.3 Å². The van der Waals surface area contributed by atoms with Crippen LogP contribution in [0.5, 0.6) is 0 Å². The molecule has 3 N–H and O–H groups in total. The van der Waals surface area contributed by atoms with Gasteiger partial charge in [0.15, 0.2) is 12.2 Å². The molecule has 0 aromatic carbocycles. The largest absolute Gasteiger partial charge is 0.472 e. The average Bonchev–Trinajstić information content (AvgIpc) is 3.65. The van der Waals surface area contributed by atoms with Gasteiger partial charge in [-0.05, 0) is 31.6 Å². The molecule has 528 valence electrons. The summed E-state index contributed by atoms with van der Waals surface area (Å²) in [5, 5.41) is 10.6. The van der Waals surface area contributed by atoms with E-state index < -0.39 is 97.5 Å². The number of ether oxygens (including phenoxy) is 4. The van der Waals surface area contributed by atoms with E-state index in [-0.39, 0.29) is 25.7 Å². The van der Waals surface area contributed by atoms with E-state index in [1.807, 2.05) is 0 Å². The molecule has 0 aromatic heterocycles. The summed E-state index contributed by atoms with van der Waals surface area (Å²) >= 11 is 0. The van der Waals surface area contributed by atoms with Gasteiger partial charge in [0.2, 0.25) is 0 Å². The number of carbonyl (C=O) groups is 4. The minimum atomic E-state index is -4.95. The van der Waals surface area contributed by atoms with Gasteiger partial charge >= 0.3 is 39.5 Å². The molecule has 0 spiro atoms. The molecule has 0 aromatic rings. The highest BCUT2D eigenvalue weighted by atomic mass is 31.2. The van der Waals surface area contributed by atoms with Crippen molar-refractivity contribution in [3.63, 3.8) is 0 Å². The number of hydrogen-bond acceptors (Lipinski definition) is 15. The predicted octanol–water partition coefficient (Wildman–Crippen LogP) is 20.1. The van der Waals surface area contributed by atoms with Crippen molar-refractivity contribution in [1.82, 2.24) is 0 Å². The fourth-order valence-corrected chi connectivity index (χ4v) is 12.2. The monoisotopic (exact) mass is 1310 g/mol. The van der Waals surface area contributed by atoms with E-state index in [2.05, 4.69) is 34.6 Å². The SMILES string of the molecule is CCCCCCCCCCCCCCCCCCC(=O)O[C@H](COC(=O)CCCCCCCCCCCCCCCC)COP(=O)(O)OC[C@@H](O)COP(=O)(O)OC[C@@H](COC(=O)CCCCCCCCCC)OC(=O)CCCCCCCCCCC(C)C. The molecule has 17 nitrogen and oxygen atoms in total. The summed E-state index contributed by atoms with van der Waals surface area (Å²) in [4.78, 5) is 72.5. The van der Waals surface area contributed by atoms with Crippen LogP contribution in [0.1, 0.15) is 362 Å². The topological polar surface area (TPSA) is 237 Å². The number of phosphoric acid groups is 2. The van der Waals surface area contributed by atoms with E-state index in [4.69, 9.17) is 37.0 Å². The molecule has 89 heavy (non-hydrogen) atoms. The number of aliphatic hydroxyl groups excluding tert-OH is 1. The molecule has 0 saturated heterocycles. The van der Waals surface area contributed by atoms with Crippen molar-refractivity contribution in [2.75, 3.05) is 39.6 Å². The third-order valence-electron chi connectivity index (χ3n) is 16.3. The Balaban J connectivity index is 5.22. The van der Waals surface area contributed by atoms with Gasteiger partial charge in [-0.25, -0.2) is 9.13 Å². The fraction of sp³-hybridized carbons (Fsp3) is 0.943. The zero-order valence-corrected chi connectivity index (χ0v) is 59.4. The zero-order valence-electron chi connectivity index (χ0n) is 57.6. The van der Waals surface area contributed by atoms with E-state index in [0.29, 0.717) is 25.7 Å². The summed E-state index contributed by atoms with van der Waals surface area (Å²) in [6.07, 6.45) is 50.0. The molecule has 2 unspecified atom stereocenters. The molecule has 5 atom stereocenters. The molecule has 0 bridgehead atoms. The maximum atomic E-state index is 13.0. The van der Waals surface area contributed by atoms with E-state index in [9.17, 15) is 43.2 Å². The lowest BCUT2D eigenvalue weighted by molar-refractivity contribution is -0.161. The Morgan fingerprint density at radius 2 is 0.517 bits per heavy atom. The molecular formula is C70H136O17P2. The van der Waals surface area contributed by atoms with Crippen molar-refractivity contribution in [3.8, 4) is 0 Å². The summed E-state index contributed by atoms with van der Waals surface area (Å²) in [6.45, 7) is 7.19. The lowest BCUT2D eigenvalue weighted by Crippen LogP contribution is -2.30. The third kappa shape index (κ3) is 64.6. The number of unbranched alkanes of at least 4 members (excludes halogenated alkanes) is 42. The average molecular weight is 1310 g/mol. The Hall–Kier alpha value is -1.94. The van der Waals surface area contributed by atoms with Gasteiger partial charge in [0.05, 0.1) is 26.4 Å². The van der Waals surface area contributed by atoms with Gasteiger partial charge in [-0.3, -0.25) is 37.3 Å². The zero-order chi connectivity index (χ0) is 65.6. The van der Waals surface area contributed by atoms with Crippen molar-refractivity contribution >= 4 is 39.5 Å². The Bertz CT molecular complexity index is 1720. The number of phosphoric ester groups is 2. The van der Waals surface area contributed by atoms with Crippen molar-refractivity contribution in [1.29, 1.82) is 0 Å². The van der Waals surface area contributed by atoms with Crippen LogP contribution < -0.4 is 0 Å².